The molecule has 0 N–H and O–H groups in total. The molecule has 0 heterocycles. The van der Waals surface area contributed by atoms with Gasteiger partial charge in [-0.25, -0.2) is 4.39 Å². The first-order valence-electron chi connectivity index (χ1n) is 5.51. The lowest BCUT2D eigenvalue weighted by molar-refractivity contribution is 0.415. The first-order chi connectivity index (χ1) is 9.02. The Morgan fingerprint density at radius 3 is 2.42 bits per heavy atom. The fourth-order valence-electron chi connectivity index (χ4n) is 1.70. The van der Waals surface area contributed by atoms with Crippen molar-refractivity contribution in [3.63, 3.8) is 0 Å². The molecule has 19 heavy (non-hydrogen) atoms. The Morgan fingerprint density at radius 1 is 1.21 bits per heavy atom. The van der Waals surface area contributed by atoms with Gasteiger partial charge >= 0.3 is 0 Å². The molecule has 0 spiro atoms. The van der Waals surface area contributed by atoms with Gasteiger partial charge in [0.05, 0.1) is 16.6 Å². The highest BCUT2D eigenvalue weighted by atomic mass is 79.9. The molecule has 0 bridgehead atoms. The lowest BCUT2D eigenvalue weighted by atomic mass is 9.99. The van der Waals surface area contributed by atoms with Crippen LogP contribution in [-0.4, -0.2) is 7.11 Å². The molecule has 2 aromatic rings. The fourth-order valence-corrected chi connectivity index (χ4v) is 2.34. The quantitative estimate of drug-likeness (QED) is 0.735. The van der Waals surface area contributed by atoms with E-state index in [9.17, 15) is 4.39 Å². The van der Waals surface area contributed by atoms with E-state index in [-0.39, 0.29) is 5.82 Å². The largest absolute Gasteiger partial charge is 0.495 e. The van der Waals surface area contributed by atoms with Crippen LogP contribution in [0.3, 0.4) is 0 Å². The van der Waals surface area contributed by atoms with Crippen LogP contribution in [-0.2, 0) is 0 Å². The van der Waals surface area contributed by atoms with Crippen LogP contribution in [0.15, 0.2) is 47.4 Å². The van der Waals surface area contributed by atoms with Crippen LogP contribution in [0.1, 0.15) is 11.1 Å². The highest BCUT2D eigenvalue weighted by molar-refractivity contribution is 9.10. The minimum atomic E-state index is -0.302. The third-order valence-electron chi connectivity index (χ3n) is 2.77. The van der Waals surface area contributed by atoms with Crippen molar-refractivity contribution in [3.05, 3.63) is 69.4 Å². The normalized spacial score (nSPS) is 10.3. The van der Waals surface area contributed by atoms with Crippen LogP contribution in [0.5, 0.6) is 5.75 Å². The molecule has 0 aromatic heterocycles. The summed E-state index contributed by atoms with van der Waals surface area (Å²) in [7, 11) is 1.56. The molecule has 98 valence electrons. The second-order valence-corrected chi connectivity index (χ2v) is 5.22. The predicted molar refractivity (Wildman–Crippen MR) is 80.2 cm³/mol. The molecule has 0 amide bonds. The molecule has 0 saturated carbocycles. The SMILES string of the molecule is C=C(c1ccc(OC)c(Cl)c1)c1ccc(F)c(Br)c1. The molecule has 2 aromatic carbocycles. The molecule has 0 aliphatic heterocycles. The zero-order valence-electron chi connectivity index (χ0n) is 10.2. The summed E-state index contributed by atoms with van der Waals surface area (Å²) in [6.45, 7) is 4.02. The Morgan fingerprint density at radius 2 is 1.84 bits per heavy atom. The maximum atomic E-state index is 13.2. The number of ether oxygens (including phenoxy) is 1. The zero-order valence-corrected chi connectivity index (χ0v) is 12.6. The average Bonchev–Trinajstić information content (AvgIpc) is 2.41. The van der Waals surface area contributed by atoms with Crippen LogP contribution >= 0.6 is 27.5 Å². The molecular formula is C15H11BrClFO. The van der Waals surface area contributed by atoms with Gasteiger partial charge in [-0.3, -0.25) is 0 Å². The van der Waals surface area contributed by atoms with Crippen LogP contribution in [0.2, 0.25) is 5.02 Å². The van der Waals surface area contributed by atoms with Gasteiger partial charge in [0, 0.05) is 0 Å². The Balaban J connectivity index is 2.38. The monoisotopic (exact) mass is 340 g/mol. The van der Waals surface area contributed by atoms with Crippen LogP contribution in [0.4, 0.5) is 4.39 Å². The van der Waals surface area contributed by atoms with Gasteiger partial charge in [0.2, 0.25) is 0 Å². The molecule has 0 aliphatic carbocycles. The molecule has 0 radical (unpaired) electrons. The molecule has 4 heteroatoms. The summed E-state index contributed by atoms with van der Waals surface area (Å²) in [5.41, 5.74) is 2.46. The minimum absolute atomic E-state index is 0.302. The molecule has 0 aliphatic rings. The van der Waals surface area contributed by atoms with E-state index in [1.54, 1.807) is 31.4 Å². The summed E-state index contributed by atoms with van der Waals surface area (Å²) in [5, 5.41) is 0.516. The van der Waals surface area contributed by atoms with E-state index < -0.39 is 0 Å². The summed E-state index contributed by atoms with van der Waals surface area (Å²) in [4.78, 5) is 0. The third-order valence-corrected chi connectivity index (χ3v) is 3.67. The van der Waals surface area contributed by atoms with Crippen LogP contribution < -0.4 is 4.74 Å². The molecule has 0 atom stereocenters. The van der Waals surface area contributed by atoms with Crippen LogP contribution in [0.25, 0.3) is 5.57 Å². The number of halogens is 3. The van der Waals surface area contributed by atoms with E-state index in [2.05, 4.69) is 22.5 Å². The number of hydrogen-bond acceptors (Lipinski definition) is 1. The molecule has 1 nitrogen and oxygen atoms in total. The Labute approximate surface area is 124 Å². The van der Waals surface area contributed by atoms with Gasteiger partial charge < -0.3 is 4.74 Å². The van der Waals surface area contributed by atoms with Crippen molar-refractivity contribution in [2.75, 3.05) is 7.11 Å². The van der Waals surface area contributed by atoms with Crippen molar-refractivity contribution in [2.24, 2.45) is 0 Å². The summed E-state index contributed by atoms with van der Waals surface area (Å²) < 4.78 is 18.7. The Kier molecular flexibility index (Phi) is 4.27. The third kappa shape index (κ3) is 2.99. The van der Waals surface area contributed by atoms with Gasteiger partial charge in [0.15, 0.2) is 0 Å². The van der Waals surface area contributed by atoms with Crippen molar-refractivity contribution < 1.29 is 9.13 Å². The van der Waals surface area contributed by atoms with Gasteiger partial charge in [-0.1, -0.05) is 30.3 Å². The van der Waals surface area contributed by atoms with Crippen molar-refractivity contribution in [1.29, 1.82) is 0 Å². The van der Waals surface area contributed by atoms with Gasteiger partial charge in [-0.15, -0.1) is 0 Å². The van der Waals surface area contributed by atoms with E-state index in [4.69, 9.17) is 16.3 Å². The standard InChI is InChI=1S/C15H11BrClFO/c1-9(10-3-5-14(18)12(16)7-10)11-4-6-15(19-2)13(17)8-11/h3-8H,1H2,2H3. The Hall–Kier alpha value is -1.32. The van der Waals surface area contributed by atoms with E-state index >= 15 is 0 Å². The smallest absolute Gasteiger partial charge is 0.137 e. The second-order valence-electron chi connectivity index (χ2n) is 3.96. The number of rotatable bonds is 3. The Bertz CT molecular complexity index is 640. The van der Waals surface area contributed by atoms with Crippen molar-refractivity contribution in [1.82, 2.24) is 0 Å². The fraction of sp³-hybridized carbons (Fsp3) is 0.0667. The first kappa shape index (κ1) is 14.1. The summed E-state index contributed by atoms with van der Waals surface area (Å²) in [6, 6.07) is 10.2. The lowest BCUT2D eigenvalue weighted by Crippen LogP contribution is -1.90. The molecule has 0 saturated heterocycles. The highest BCUT2D eigenvalue weighted by Gasteiger charge is 2.08. The number of benzene rings is 2. The van der Waals surface area contributed by atoms with Crippen molar-refractivity contribution >= 4 is 33.1 Å². The first-order valence-corrected chi connectivity index (χ1v) is 6.68. The van der Waals surface area contributed by atoms with Gasteiger partial charge in [0.25, 0.3) is 0 Å². The van der Waals surface area contributed by atoms with E-state index in [0.717, 1.165) is 16.7 Å². The molecule has 0 unspecified atom stereocenters. The molecular weight excluding hydrogens is 331 g/mol. The van der Waals surface area contributed by atoms with Crippen LogP contribution in [0, 0.1) is 5.82 Å². The van der Waals surface area contributed by atoms with Gasteiger partial charge in [-0.05, 0) is 56.9 Å². The second kappa shape index (κ2) is 5.76. The van der Waals surface area contributed by atoms with E-state index in [1.165, 1.54) is 6.07 Å². The van der Waals surface area contributed by atoms with Gasteiger partial charge in [0.1, 0.15) is 11.6 Å². The van der Waals surface area contributed by atoms with Gasteiger partial charge in [-0.2, -0.15) is 0 Å². The lowest BCUT2D eigenvalue weighted by Gasteiger charge is -2.10. The topological polar surface area (TPSA) is 9.23 Å². The summed E-state index contributed by atoms with van der Waals surface area (Å²) in [6.07, 6.45) is 0. The zero-order chi connectivity index (χ0) is 14.0. The van der Waals surface area contributed by atoms with E-state index in [1.807, 2.05) is 6.07 Å². The molecule has 0 fully saturated rings. The number of hydrogen-bond donors (Lipinski definition) is 0. The van der Waals surface area contributed by atoms with E-state index in [0.29, 0.717) is 15.2 Å². The average molecular weight is 342 g/mol. The number of methoxy groups -OCH3 is 1. The maximum absolute atomic E-state index is 13.2. The summed E-state index contributed by atoms with van der Waals surface area (Å²) >= 11 is 9.24. The summed E-state index contributed by atoms with van der Waals surface area (Å²) in [5.74, 6) is 0.308. The van der Waals surface area contributed by atoms with Crippen molar-refractivity contribution in [2.45, 2.75) is 0 Å². The minimum Gasteiger partial charge on any atom is -0.495 e. The van der Waals surface area contributed by atoms with Crippen molar-refractivity contribution in [3.8, 4) is 5.75 Å². The highest BCUT2D eigenvalue weighted by Crippen LogP contribution is 2.31. The predicted octanol–water partition coefficient (Wildman–Crippen LogP) is 5.31. The maximum Gasteiger partial charge on any atom is 0.137 e. The molecule has 2 rings (SSSR count).